The number of anilines is 1. The number of benzene rings is 1. The van der Waals surface area contributed by atoms with E-state index in [4.69, 9.17) is 16.7 Å². The van der Waals surface area contributed by atoms with Crippen LogP contribution in [0.1, 0.15) is 18.4 Å². The number of aliphatic carboxylic acids is 1. The summed E-state index contributed by atoms with van der Waals surface area (Å²) in [7, 11) is 0. The van der Waals surface area contributed by atoms with E-state index in [0.29, 0.717) is 23.6 Å². The predicted octanol–water partition coefficient (Wildman–Crippen LogP) is 2.63. The molecule has 0 atom stereocenters. The number of urea groups is 1. The van der Waals surface area contributed by atoms with Gasteiger partial charge in [0.25, 0.3) is 0 Å². The van der Waals surface area contributed by atoms with Gasteiger partial charge in [-0.1, -0.05) is 17.7 Å². The summed E-state index contributed by atoms with van der Waals surface area (Å²) in [5.74, 6) is -0.855. The third-order valence-electron chi connectivity index (χ3n) is 3.41. The van der Waals surface area contributed by atoms with Crippen LogP contribution < -0.4 is 10.6 Å². The number of carbonyl (C=O) groups is 2. The van der Waals surface area contributed by atoms with E-state index in [1.54, 1.807) is 25.1 Å². The first-order chi connectivity index (χ1) is 8.94. The van der Waals surface area contributed by atoms with Crippen LogP contribution >= 0.6 is 11.6 Å². The Morgan fingerprint density at radius 3 is 2.68 bits per heavy atom. The Bertz CT molecular complexity index is 527. The first kappa shape index (κ1) is 13.7. The summed E-state index contributed by atoms with van der Waals surface area (Å²) in [5.41, 5.74) is 0.629. The van der Waals surface area contributed by atoms with Gasteiger partial charge in [0, 0.05) is 17.3 Å². The maximum Gasteiger partial charge on any atom is 0.319 e. The van der Waals surface area contributed by atoms with Crippen LogP contribution in [-0.2, 0) is 4.79 Å². The highest BCUT2D eigenvalue weighted by atomic mass is 35.5. The van der Waals surface area contributed by atoms with Gasteiger partial charge in [-0.2, -0.15) is 0 Å². The van der Waals surface area contributed by atoms with Gasteiger partial charge in [-0.05, 0) is 37.5 Å². The summed E-state index contributed by atoms with van der Waals surface area (Å²) in [6, 6.07) is 4.80. The van der Waals surface area contributed by atoms with Crippen molar-refractivity contribution in [1.82, 2.24) is 5.32 Å². The Hall–Kier alpha value is -1.75. The molecule has 19 heavy (non-hydrogen) atoms. The Labute approximate surface area is 116 Å². The fourth-order valence-electron chi connectivity index (χ4n) is 1.78. The molecule has 0 spiro atoms. The molecule has 1 saturated carbocycles. The zero-order valence-electron chi connectivity index (χ0n) is 10.5. The van der Waals surface area contributed by atoms with Crippen molar-refractivity contribution in [2.45, 2.75) is 19.8 Å². The Morgan fingerprint density at radius 2 is 2.11 bits per heavy atom. The first-order valence-electron chi connectivity index (χ1n) is 5.98. The number of nitrogens with one attached hydrogen (secondary N) is 2. The van der Waals surface area contributed by atoms with E-state index < -0.39 is 17.4 Å². The lowest BCUT2D eigenvalue weighted by Crippen LogP contribution is -2.36. The number of carbonyl (C=O) groups excluding carboxylic acids is 1. The molecule has 0 radical (unpaired) electrons. The highest BCUT2D eigenvalue weighted by Crippen LogP contribution is 2.45. The molecule has 0 unspecified atom stereocenters. The predicted molar refractivity (Wildman–Crippen MR) is 72.5 cm³/mol. The summed E-state index contributed by atoms with van der Waals surface area (Å²) in [4.78, 5) is 22.7. The fraction of sp³-hybridized carbons (Fsp3) is 0.385. The Kier molecular flexibility index (Phi) is 3.66. The minimum absolute atomic E-state index is 0.147. The normalized spacial score (nSPS) is 15.7. The molecular weight excluding hydrogens is 268 g/mol. The third kappa shape index (κ3) is 2.98. The van der Waals surface area contributed by atoms with E-state index >= 15 is 0 Å². The smallest absolute Gasteiger partial charge is 0.319 e. The molecule has 0 aromatic heterocycles. The van der Waals surface area contributed by atoms with Crippen molar-refractivity contribution in [1.29, 1.82) is 0 Å². The molecule has 6 heteroatoms. The van der Waals surface area contributed by atoms with Gasteiger partial charge in [-0.25, -0.2) is 4.79 Å². The van der Waals surface area contributed by atoms with E-state index in [1.807, 2.05) is 0 Å². The number of hydrogen-bond acceptors (Lipinski definition) is 2. The summed E-state index contributed by atoms with van der Waals surface area (Å²) in [6.45, 7) is 1.95. The van der Waals surface area contributed by atoms with Gasteiger partial charge < -0.3 is 15.7 Å². The summed E-state index contributed by atoms with van der Waals surface area (Å²) in [6.07, 6.45) is 1.22. The van der Waals surface area contributed by atoms with Crippen molar-refractivity contribution < 1.29 is 14.7 Å². The number of amides is 2. The number of halogens is 1. The minimum atomic E-state index is -0.855. The van der Waals surface area contributed by atoms with Gasteiger partial charge in [0.05, 0.1) is 5.41 Å². The zero-order chi connectivity index (χ0) is 14.0. The van der Waals surface area contributed by atoms with E-state index in [1.165, 1.54) is 0 Å². The lowest BCUT2D eigenvalue weighted by Gasteiger charge is -2.13. The van der Waals surface area contributed by atoms with Gasteiger partial charge >= 0.3 is 12.0 Å². The van der Waals surface area contributed by atoms with Crippen molar-refractivity contribution in [3.05, 3.63) is 28.8 Å². The van der Waals surface area contributed by atoms with E-state index in [2.05, 4.69) is 10.6 Å². The molecule has 0 bridgehead atoms. The van der Waals surface area contributed by atoms with Crippen LogP contribution in [0.25, 0.3) is 0 Å². The molecule has 102 valence electrons. The number of carboxylic acid groups (broad SMARTS) is 1. The molecular formula is C13H15ClN2O3. The van der Waals surface area contributed by atoms with Gasteiger partial charge in [-0.3, -0.25) is 4.79 Å². The van der Waals surface area contributed by atoms with E-state index in [0.717, 1.165) is 5.56 Å². The van der Waals surface area contributed by atoms with E-state index in [9.17, 15) is 9.59 Å². The number of hydrogen-bond donors (Lipinski definition) is 3. The van der Waals surface area contributed by atoms with Crippen LogP contribution in [-0.4, -0.2) is 23.7 Å². The van der Waals surface area contributed by atoms with Gasteiger partial charge in [0.2, 0.25) is 0 Å². The van der Waals surface area contributed by atoms with Crippen LogP contribution in [0.5, 0.6) is 0 Å². The lowest BCUT2D eigenvalue weighted by atomic mass is 10.1. The number of rotatable bonds is 4. The molecule has 1 fully saturated rings. The van der Waals surface area contributed by atoms with Crippen molar-refractivity contribution in [2.75, 3.05) is 11.9 Å². The molecule has 2 rings (SSSR count). The molecule has 1 aliphatic carbocycles. The van der Waals surface area contributed by atoms with Crippen molar-refractivity contribution >= 4 is 29.3 Å². The summed E-state index contributed by atoms with van der Waals surface area (Å²) >= 11 is 5.95. The molecule has 1 aromatic carbocycles. The SMILES string of the molecule is Cc1c(Cl)cccc1NC(=O)NCC1(C(=O)O)CC1. The average molecular weight is 283 g/mol. The summed E-state index contributed by atoms with van der Waals surface area (Å²) < 4.78 is 0. The third-order valence-corrected chi connectivity index (χ3v) is 3.82. The van der Waals surface area contributed by atoms with Crippen LogP contribution in [0.15, 0.2) is 18.2 Å². The Morgan fingerprint density at radius 1 is 1.42 bits per heavy atom. The molecule has 1 aliphatic rings. The summed E-state index contributed by atoms with van der Waals surface area (Å²) in [5, 5.41) is 14.8. The topological polar surface area (TPSA) is 78.4 Å². The van der Waals surface area contributed by atoms with Crippen molar-refractivity contribution in [2.24, 2.45) is 5.41 Å². The average Bonchev–Trinajstić information content (AvgIpc) is 3.14. The van der Waals surface area contributed by atoms with Gasteiger partial charge in [0.1, 0.15) is 0 Å². The van der Waals surface area contributed by atoms with Gasteiger partial charge in [0.15, 0.2) is 0 Å². The van der Waals surface area contributed by atoms with Crippen LogP contribution in [0.4, 0.5) is 10.5 Å². The zero-order valence-corrected chi connectivity index (χ0v) is 11.3. The van der Waals surface area contributed by atoms with Crippen LogP contribution in [0.3, 0.4) is 0 Å². The number of carboxylic acids is 1. The molecule has 0 aliphatic heterocycles. The highest BCUT2D eigenvalue weighted by molar-refractivity contribution is 6.31. The maximum atomic E-state index is 11.7. The second kappa shape index (κ2) is 5.09. The van der Waals surface area contributed by atoms with Crippen LogP contribution in [0, 0.1) is 12.3 Å². The largest absolute Gasteiger partial charge is 0.481 e. The highest BCUT2D eigenvalue weighted by Gasteiger charge is 2.50. The second-order valence-corrected chi connectivity index (χ2v) is 5.21. The maximum absolute atomic E-state index is 11.7. The molecule has 2 amide bonds. The molecule has 0 heterocycles. The molecule has 0 saturated heterocycles. The first-order valence-corrected chi connectivity index (χ1v) is 6.36. The quantitative estimate of drug-likeness (QED) is 0.794. The van der Waals surface area contributed by atoms with E-state index in [-0.39, 0.29) is 6.54 Å². The van der Waals surface area contributed by atoms with Crippen LogP contribution in [0.2, 0.25) is 5.02 Å². The fourth-order valence-corrected chi connectivity index (χ4v) is 1.95. The second-order valence-electron chi connectivity index (χ2n) is 4.81. The van der Waals surface area contributed by atoms with Crippen molar-refractivity contribution in [3.8, 4) is 0 Å². The standard InChI is InChI=1S/C13H15ClN2O3/c1-8-9(14)3-2-4-10(8)16-12(19)15-7-13(5-6-13)11(17)18/h2-4H,5-7H2,1H3,(H,17,18)(H2,15,16,19). The monoisotopic (exact) mass is 282 g/mol. The minimum Gasteiger partial charge on any atom is -0.481 e. The lowest BCUT2D eigenvalue weighted by molar-refractivity contribution is -0.143. The molecule has 1 aromatic rings. The molecule has 3 N–H and O–H groups in total. The van der Waals surface area contributed by atoms with Gasteiger partial charge in [-0.15, -0.1) is 0 Å². The molecule has 5 nitrogen and oxygen atoms in total. The Balaban J connectivity index is 1.91. The van der Waals surface area contributed by atoms with Crippen molar-refractivity contribution in [3.63, 3.8) is 0 Å².